The molecule has 0 amide bonds. The van der Waals surface area contributed by atoms with Crippen LogP contribution in [0.1, 0.15) is 0 Å². The van der Waals surface area contributed by atoms with Crippen LogP contribution in [-0.4, -0.2) is 24.1 Å². The average molecular weight is 792 g/mol. The van der Waals surface area contributed by atoms with E-state index in [2.05, 4.69) is 234 Å². The van der Waals surface area contributed by atoms with Crippen LogP contribution in [0.25, 0.3) is 111 Å². The Kier molecular flexibility index (Phi) is 8.42. The summed E-state index contributed by atoms with van der Waals surface area (Å²) in [6.45, 7) is 0. The normalized spacial score (nSPS) is 11.5. The lowest BCUT2D eigenvalue weighted by molar-refractivity contribution is 0.893. The van der Waals surface area contributed by atoms with E-state index in [-0.39, 0.29) is 0 Å². The quantitative estimate of drug-likeness (QED) is 0.162. The van der Waals surface area contributed by atoms with Gasteiger partial charge in [-0.1, -0.05) is 176 Å². The van der Waals surface area contributed by atoms with E-state index in [1.165, 1.54) is 11.1 Å². The molecule has 0 atom stereocenters. The van der Waals surface area contributed by atoms with Crippen molar-refractivity contribution in [3.63, 3.8) is 0 Å². The molecule has 0 aliphatic carbocycles. The molecule has 0 N–H and O–H groups in total. The SMILES string of the molecule is c1ccc(-c2ccc(-c3cc(-c4ccccc4)cc(-c4cccc(-c5nc(-n6c7ccccc7c7ccccc76)nc(-n6c7ccccc7c7ccccc76)n5)c4)c3)cc2)cc1. The first-order valence-corrected chi connectivity index (χ1v) is 20.9. The summed E-state index contributed by atoms with van der Waals surface area (Å²) in [5.74, 6) is 1.70. The maximum atomic E-state index is 5.34. The zero-order valence-corrected chi connectivity index (χ0v) is 33.6. The van der Waals surface area contributed by atoms with E-state index in [4.69, 9.17) is 15.0 Å². The van der Waals surface area contributed by atoms with E-state index >= 15 is 0 Å². The first-order chi connectivity index (χ1) is 30.7. The molecule has 0 bridgehead atoms. The van der Waals surface area contributed by atoms with E-state index < -0.39 is 0 Å². The summed E-state index contributed by atoms with van der Waals surface area (Å²) in [6, 6.07) is 79.4. The van der Waals surface area contributed by atoms with Crippen LogP contribution in [0.15, 0.2) is 224 Å². The fraction of sp³-hybridized carbons (Fsp3) is 0. The number of hydrogen-bond donors (Lipinski definition) is 0. The predicted octanol–water partition coefficient (Wildman–Crippen LogP) is 14.4. The Balaban J connectivity index is 1.06. The largest absolute Gasteiger partial charge is 0.278 e. The van der Waals surface area contributed by atoms with Gasteiger partial charge in [-0.25, -0.2) is 0 Å². The Bertz CT molecular complexity index is 3380. The number of hydrogen-bond acceptors (Lipinski definition) is 3. The van der Waals surface area contributed by atoms with Gasteiger partial charge < -0.3 is 0 Å². The van der Waals surface area contributed by atoms with Crippen molar-refractivity contribution >= 4 is 43.6 Å². The van der Waals surface area contributed by atoms with E-state index in [9.17, 15) is 0 Å². The van der Waals surface area contributed by atoms with Crippen molar-refractivity contribution in [2.24, 2.45) is 0 Å². The Morgan fingerprint density at radius 2 is 0.532 bits per heavy atom. The van der Waals surface area contributed by atoms with Crippen molar-refractivity contribution in [2.75, 3.05) is 0 Å². The fourth-order valence-corrected chi connectivity index (χ4v) is 9.04. The Hall–Kier alpha value is -8.41. The monoisotopic (exact) mass is 791 g/mol. The molecular weight excluding hydrogens is 755 g/mol. The van der Waals surface area contributed by atoms with Gasteiger partial charge in [0.05, 0.1) is 22.1 Å². The van der Waals surface area contributed by atoms with Gasteiger partial charge in [-0.2, -0.15) is 15.0 Å². The number of aromatic nitrogens is 5. The minimum atomic E-state index is 0.557. The van der Waals surface area contributed by atoms with Crippen LogP contribution in [0.5, 0.6) is 0 Å². The Morgan fingerprint density at radius 3 is 0.984 bits per heavy atom. The summed E-state index contributed by atoms with van der Waals surface area (Å²) in [7, 11) is 0. The van der Waals surface area contributed by atoms with E-state index in [1.54, 1.807) is 0 Å². The van der Waals surface area contributed by atoms with Crippen molar-refractivity contribution in [3.05, 3.63) is 224 Å². The summed E-state index contributed by atoms with van der Waals surface area (Å²) in [4.78, 5) is 16.0. The second kappa shape index (κ2) is 14.7. The van der Waals surface area contributed by atoms with Crippen molar-refractivity contribution in [1.29, 1.82) is 0 Å². The molecule has 12 aromatic rings. The molecule has 5 nitrogen and oxygen atoms in total. The highest BCUT2D eigenvalue weighted by molar-refractivity contribution is 6.10. The maximum absolute atomic E-state index is 5.34. The zero-order chi connectivity index (χ0) is 41.0. The molecule has 3 heterocycles. The van der Waals surface area contributed by atoms with E-state index in [0.29, 0.717) is 17.7 Å². The summed E-state index contributed by atoms with van der Waals surface area (Å²) in [5, 5.41) is 4.59. The topological polar surface area (TPSA) is 48.5 Å². The second-order valence-corrected chi connectivity index (χ2v) is 15.7. The fourth-order valence-electron chi connectivity index (χ4n) is 9.04. The van der Waals surface area contributed by atoms with Gasteiger partial charge in [-0.15, -0.1) is 0 Å². The van der Waals surface area contributed by atoms with Gasteiger partial charge >= 0.3 is 0 Å². The van der Waals surface area contributed by atoms with Crippen LogP contribution in [0.3, 0.4) is 0 Å². The Labute approximate surface area is 358 Å². The summed E-state index contributed by atoms with van der Waals surface area (Å²) in [5.41, 5.74) is 14.2. The predicted molar refractivity (Wildman–Crippen MR) is 256 cm³/mol. The summed E-state index contributed by atoms with van der Waals surface area (Å²) >= 11 is 0. The number of nitrogens with zero attached hydrogens (tertiary/aromatic N) is 5. The van der Waals surface area contributed by atoms with E-state index in [0.717, 1.165) is 82.6 Å². The molecule has 290 valence electrons. The first kappa shape index (κ1) is 35.5. The molecule has 0 aliphatic heterocycles. The molecule has 0 aliphatic rings. The number of para-hydroxylation sites is 4. The molecule has 5 heteroatoms. The first-order valence-electron chi connectivity index (χ1n) is 20.9. The van der Waals surface area contributed by atoms with Gasteiger partial charge in [0.1, 0.15) is 0 Å². The second-order valence-electron chi connectivity index (χ2n) is 15.7. The lowest BCUT2D eigenvalue weighted by Crippen LogP contribution is -2.10. The average Bonchev–Trinajstić information content (AvgIpc) is 3.88. The van der Waals surface area contributed by atoms with Gasteiger partial charge in [0.2, 0.25) is 11.9 Å². The van der Waals surface area contributed by atoms with Gasteiger partial charge in [-0.05, 0) is 93.0 Å². The summed E-state index contributed by atoms with van der Waals surface area (Å²) in [6.07, 6.45) is 0. The zero-order valence-electron chi connectivity index (χ0n) is 33.6. The molecule has 0 radical (unpaired) electrons. The number of fused-ring (bicyclic) bond motifs is 6. The smallest absolute Gasteiger partial charge is 0.240 e. The highest BCUT2D eigenvalue weighted by atomic mass is 15.3. The lowest BCUT2D eigenvalue weighted by Gasteiger charge is -2.14. The number of rotatable bonds is 7. The minimum absolute atomic E-state index is 0.557. The van der Waals surface area contributed by atoms with E-state index in [1.807, 2.05) is 0 Å². The standard InChI is InChI=1S/C57H37N5/c1-3-16-38(17-4-1)40-30-32-41(33-31-40)45-35-44(39-18-5-2-6-19-39)36-46(37-45)42-20-15-21-43(34-42)55-58-56(61-51-26-11-7-22-47(51)48-23-8-12-27-52(48)61)60-57(59-55)62-53-28-13-9-24-49(53)50-25-10-14-29-54(50)62/h1-37H. The molecule has 0 saturated carbocycles. The van der Waals surface area contributed by atoms with Gasteiger partial charge in [0.15, 0.2) is 5.82 Å². The van der Waals surface area contributed by atoms with Crippen LogP contribution in [0.4, 0.5) is 0 Å². The third-order valence-electron chi connectivity index (χ3n) is 12.0. The highest BCUT2D eigenvalue weighted by Gasteiger charge is 2.21. The maximum Gasteiger partial charge on any atom is 0.240 e. The molecule has 0 spiro atoms. The molecule has 9 aromatic carbocycles. The van der Waals surface area contributed by atoms with Crippen LogP contribution in [0.2, 0.25) is 0 Å². The van der Waals surface area contributed by atoms with Crippen molar-refractivity contribution in [1.82, 2.24) is 24.1 Å². The third-order valence-corrected chi connectivity index (χ3v) is 12.0. The Morgan fingerprint density at radius 1 is 0.226 bits per heavy atom. The van der Waals surface area contributed by atoms with Crippen molar-refractivity contribution in [3.8, 4) is 67.8 Å². The lowest BCUT2D eigenvalue weighted by atomic mass is 9.92. The van der Waals surface area contributed by atoms with Crippen molar-refractivity contribution in [2.45, 2.75) is 0 Å². The molecule has 0 saturated heterocycles. The van der Waals surface area contributed by atoms with Crippen molar-refractivity contribution < 1.29 is 0 Å². The molecule has 12 rings (SSSR count). The molecule has 62 heavy (non-hydrogen) atoms. The molecule has 0 unspecified atom stereocenters. The molecule has 0 fully saturated rings. The third kappa shape index (κ3) is 6.06. The van der Waals surface area contributed by atoms with Crippen LogP contribution < -0.4 is 0 Å². The van der Waals surface area contributed by atoms with Gasteiger partial charge in [-0.3, -0.25) is 9.13 Å². The van der Waals surface area contributed by atoms with Gasteiger partial charge in [0.25, 0.3) is 0 Å². The van der Waals surface area contributed by atoms with Crippen LogP contribution >= 0.6 is 0 Å². The van der Waals surface area contributed by atoms with Crippen LogP contribution in [0, 0.1) is 0 Å². The van der Waals surface area contributed by atoms with Gasteiger partial charge in [0, 0.05) is 27.1 Å². The number of benzene rings is 9. The molecule has 3 aromatic heterocycles. The minimum Gasteiger partial charge on any atom is -0.278 e. The summed E-state index contributed by atoms with van der Waals surface area (Å²) < 4.78 is 4.35. The van der Waals surface area contributed by atoms with Crippen LogP contribution in [-0.2, 0) is 0 Å². The highest BCUT2D eigenvalue weighted by Crippen LogP contribution is 2.37. The molecular formula is C57H37N5.